The highest BCUT2D eigenvalue weighted by Crippen LogP contribution is 2.24. The van der Waals surface area contributed by atoms with Crippen molar-refractivity contribution in [2.45, 2.75) is 26.3 Å². The summed E-state index contributed by atoms with van der Waals surface area (Å²) in [5.74, 6) is 0.661. The summed E-state index contributed by atoms with van der Waals surface area (Å²) in [7, 11) is 0. The number of nitrogens with zero attached hydrogens (tertiary/aromatic N) is 1. The van der Waals surface area contributed by atoms with Crippen LogP contribution in [-0.4, -0.2) is 22.7 Å². The van der Waals surface area contributed by atoms with Crippen molar-refractivity contribution in [2.75, 3.05) is 6.61 Å². The Labute approximate surface area is 167 Å². The number of ether oxygens (including phenoxy) is 1. The highest BCUT2D eigenvalue weighted by Gasteiger charge is 2.15. The largest absolute Gasteiger partial charge is 0.494 e. The Hall–Kier alpha value is -2.60. The topological polar surface area (TPSA) is 67.0 Å². The second-order valence-corrected chi connectivity index (χ2v) is 7.11. The fourth-order valence-corrected chi connectivity index (χ4v) is 3.10. The van der Waals surface area contributed by atoms with Crippen LogP contribution in [0.15, 0.2) is 59.2 Å². The molecule has 0 aliphatic rings. The Morgan fingerprint density at radius 1 is 1.22 bits per heavy atom. The van der Waals surface area contributed by atoms with Gasteiger partial charge < -0.3 is 10.1 Å². The molecule has 0 spiro atoms. The molecule has 0 atom stereocenters. The Balaban J connectivity index is 1.67. The third-order valence-electron chi connectivity index (χ3n) is 4.14. The molecule has 0 saturated heterocycles. The van der Waals surface area contributed by atoms with Gasteiger partial charge in [-0.05, 0) is 48.4 Å². The van der Waals surface area contributed by atoms with Crippen molar-refractivity contribution >= 4 is 21.8 Å². The van der Waals surface area contributed by atoms with Gasteiger partial charge in [-0.3, -0.25) is 9.89 Å². The zero-order valence-electron chi connectivity index (χ0n) is 15.2. The normalized spacial score (nSPS) is 10.6. The van der Waals surface area contributed by atoms with Crippen LogP contribution in [0.4, 0.5) is 0 Å². The molecule has 1 amide bonds. The second kappa shape index (κ2) is 9.37. The second-order valence-electron chi connectivity index (χ2n) is 6.20. The van der Waals surface area contributed by atoms with Crippen molar-refractivity contribution in [1.82, 2.24) is 15.5 Å². The number of unbranched alkanes of at least 4 members (excludes halogenated alkanes) is 1. The number of hydrogen-bond acceptors (Lipinski definition) is 3. The van der Waals surface area contributed by atoms with E-state index in [9.17, 15) is 4.79 Å². The van der Waals surface area contributed by atoms with Gasteiger partial charge in [0.15, 0.2) is 0 Å². The van der Waals surface area contributed by atoms with Gasteiger partial charge in [0.25, 0.3) is 5.91 Å². The number of hydrogen-bond donors (Lipinski definition) is 2. The summed E-state index contributed by atoms with van der Waals surface area (Å²) in [5, 5.41) is 9.91. The van der Waals surface area contributed by atoms with Gasteiger partial charge in [0.05, 0.1) is 24.1 Å². The van der Waals surface area contributed by atoms with Crippen LogP contribution in [0.3, 0.4) is 0 Å². The summed E-state index contributed by atoms with van der Waals surface area (Å²) in [6.45, 7) is 3.30. The van der Waals surface area contributed by atoms with Gasteiger partial charge in [-0.1, -0.05) is 41.4 Å². The first kappa shape index (κ1) is 19.2. The van der Waals surface area contributed by atoms with Crippen LogP contribution in [0.5, 0.6) is 5.75 Å². The smallest absolute Gasteiger partial charge is 0.255 e. The Bertz CT molecular complexity index is 890. The van der Waals surface area contributed by atoms with Crippen LogP contribution in [0.25, 0.3) is 11.3 Å². The summed E-state index contributed by atoms with van der Waals surface area (Å²) in [6.07, 6.45) is 3.69. The van der Waals surface area contributed by atoms with Crippen LogP contribution >= 0.6 is 15.9 Å². The Morgan fingerprint density at radius 3 is 2.78 bits per heavy atom. The molecule has 2 N–H and O–H groups in total. The monoisotopic (exact) mass is 427 g/mol. The third kappa shape index (κ3) is 5.20. The van der Waals surface area contributed by atoms with Gasteiger partial charge in [0.2, 0.25) is 0 Å². The lowest BCUT2D eigenvalue weighted by molar-refractivity contribution is 0.0951. The average Bonchev–Trinajstić information content (AvgIpc) is 3.17. The zero-order chi connectivity index (χ0) is 19.1. The first-order valence-corrected chi connectivity index (χ1v) is 9.76. The molecule has 0 bridgehead atoms. The van der Waals surface area contributed by atoms with Crippen molar-refractivity contribution in [3.05, 3.63) is 70.3 Å². The summed E-state index contributed by atoms with van der Waals surface area (Å²) in [6, 6.07) is 15.5. The maximum Gasteiger partial charge on any atom is 0.255 e. The highest BCUT2D eigenvalue weighted by molar-refractivity contribution is 9.10. The van der Waals surface area contributed by atoms with Gasteiger partial charge in [-0.2, -0.15) is 5.10 Å². The molecule has 1 aromatic heterocycles. The Kier molecular flexibility index (Phi) is 6.65. The van der Waals surface area contributed by atoms with Crippen LogP contribution < -0.4 is 10.1 Å². The van der Waals surface area contributed by atoms with Crippen molar-refractivity contribution in [3.8, 4) is 17.0 Å². The fraction of sp³-hybridized carbons (Fsp3) is 0.238. The van der Waals surface area contributed by atoms with E-state index in [0.29, 0.717) is 24.4 Å². The minimum Gasteiger partial charge on any atom is -0.494 e. The molecule has 1 heterocycles. The lowest BCUT2D eigenvalue weighted by Crippen LogP contribution is -2.22. The van der Waals surface area contributed by atoms with Gasteiger partial charge >= 0.3 is 0 Å². The molecule has 5 nitrogen and oxygen atoms in total. The predicted molar refractivity (Wildman–Crippen MR) is 110 cm³/mol. The number of nitrogens with one attached hydrogen (secondary N) is 2. The lowest BCUT2D eigenvalue weighted by Gasteiger charge is -2.08. The molecule has 3 aromatic rings. The van der Waals surface area contributed by atoms with Crippen LogP contribution in [0, 0.1) is 0 Å². The number of aromatic amines is 1. The van der Waals surface area contributed by atoms with Crippen LogP contribution in [0.1, 0.15) is 35.7 Å². The molecule has 27 heavy (non-hydrogen) atoms. The first-order valence-electron chi connectivity index (χ1n) is 8.96. The van der Waals surface area contributed by atoms with E-state index < -0.39 is 0 Å². The molecule has 0 fully saturated rings. The van der Waals surface area contributed by atoms with Crippen LogP contribution in [-0.2, 0) is 6.54 Å². The van der Waals surface area contributed by atoms with E-state index >= 15 is 0 Å². The minimum atomic E-state index is -0.165. The molecular weight excluding hydrogens is 406 g/mol. The van der Waals surface area contributed by atoms with Gasteiger partial charge in [-0.25, -0.2) is 0 Å². The Morgan fingerprint density at radius 2 is 2.04 bits per heavy atom. The molecule has 0 aliphatic heterocycles. The molecule has 140 valence electrons. The summed E-state index contributed by atoms with van der Waals surface area (Å²) in [5.41, 5.74) is 3.13. The molecule has 6 heteroatoms. The number of H-pyrrole nitrogens is 1. The van der Waals surface area contributed by atoms with E-state index in [1.54, 1.807) is 6.20 Å². The van der Waals surface area contributed by atoms with E-state index in [2.05, 4.69) is 38.4 Å². The van der Waals surface area contributed by atoms with E-state index in [1.807, 2.05) is 48.5 Å². The number of benzene rings is 2. The molecule has 3 rings (SSSR count). The van der Waals surface area contributed by atoms with Crippen LogP contribution in [0.2, 0.25) is 0 Å². The number of amides is 1. The summed E-state index contributed by atoms with van der Waals surface area (Å²) >= 11 is 3.44. The summed E-state index contributed by atoms with van der Waals surface area (Å²) < 4.78 is 6.67. The third-order valence-corrected chi connectivity index (χ3v) is 4.63. The van der Waals surface area contributed by atoms with Crippen molar-refractivity contribution in [1.29, 1.82) is 0 Å². The molecule has 0 aliphatic carbocycles. The molecule has 0 unspecified atom stereocenters. The summed E-state index contributed by atoms with van der Waals surface area (Å²) in [4.78, 5) is 12.6. The predicted octanol–water partition coefficient (Wildman–Crippen LogP) is 4.95. The molecule has 0 radical (unpaired) electrons. The standard InChI is InChI=1S/C21H22BrN3O2/c1-2-3-11-27-18-9-7-16(8-10-18)20-19(14-24-25-20)21(26)23-13-15-5-4-6-17(22)12-15/h4-10,12,14H,2-3,11,13H2,1H3,(H,23,26)(H,24,25). The first-order chi connectivity index (χ1) is 13.2. The zero-order valence-corrected chi connectivity index (χ0v) is 16.8. The molecule has 0 saturated carbocycles. The van der Waals surface area contributed by atoms with Crippen molar-refractivity contribution in [3.63, 3.8) is 0 Å². The maximum atomic E-state index is 12.6. The van der Waals surface area contributed by atoms with E-state index in [1.165, 1.54) is 0 Å². The maximum absolute atomic E-state index is 12.6. The number of carbonyl (C=O) groups excluding carboxylic acids is 1. The average molecular weight is 428 g/mol. The number of carbonyl (C=O) groups is 1. The number of rotatable bonds is 8. The van der Waals surface area contributed by atoms with Crippen molar-refractivity contribution < 1.29 is 9.53 Å². The van der Waals surface area contributed by atoms with Crippen molar-refractivity contribution in [2.24, 2.45) is 0 Å². The van der Waals surface area contributed by atoms with Gasteiger partial charge in [-0.15, -0.1) is 0 Å². The lowest BCUT2D eigenvalue weighted by atomic mass is 10.1. The van der Waals surface area contributed by atoms with E-state index in [0.717, 1.165) is 34.2 Å². The minimum absolute atomic E-state index is 0.165. The molecular formula is C21H22BrN3O2. The SMILES string of the molecule is CCCCOc1ccc(-c2[nH]ncc2C(=O)NCc2cccc(Br)c2)cc1. The van der Waals surface area contributed by atoms with E-state index in [4.69, 9.17) is 4.74 Å². The van der Waals surface area contributed by atoms with Gasteiger partial charge in [0, 0.05) is 16.6 Å². The highest BCUT2D eigenvalue weighted by atomic mass is 79.9. The fourth-order valence-electron chi connectivity index (χ4n) is 2.66. The van der Waals surface area contributed by atoms with Gasteiger partial charge in [0.1, 0.15) is 5.75 Å². The number of aromatic nitrogens is 2. The van der Waals surface area contributed by atoms with E-state index in [-0.39, 0.29) is 5.91 Å². The number of halogens is 1. The molecule has 2 aromatic carbocycles. The quantitative estimate of drug-likeness (QED) is 0.499.